The highest BCUT2D eigenvalue weighted by Crippen LogP contribution is 2.32. The molecule has 1 N–H and O–H groups in total. The van der Waals surface area contributed by atoms with Gasteiger partial charge in [-0.3, -0.25) is 0 Å². The molecule has 4 nitrogen and oxygen atoms in total. The molecular weight excluding hydrogens is 367 g/mol. The lowest BCUT2D eigenvalue weighted by Crippen LogP contribution is -2.43. The van der Waals surface area contributed by atoms with Crippen molar-refractivity contribution in [1.29, 1.82) is 0 Å². The predicted molar refractivity (Wildman–Crippen MR) is 87.4 cm³/mol. The predicted octanol–water partition coefficient (Wildman–Crippen LogP) is 3.11. The Morgan fingerprint density at radius 1 is 1.45 bits per heavy atom. The quantitative estimate of drug-likeness (QED) is 0.814. The monoisotopic (exact) mass is 382 g/mol. The summed E-state index contributed by atoms with van der Waals surface area (Å²) < 4.78 is 5.75. The molecule has 1 aliphatic rings. The van der Waals surface area contributed by atoms with Gasteiger partial charge in [-0.2, -0.15) is 0 Å². The average molecular weight is 384 g/mol. The van der Waals surface area contributed by atoms with Crippen molar-refractivity contribution in [2.75, 3.05) is 37.7 Å². The Balaban J connectivity index is 0.00000200. The molecule has 20 heavy (non-hydrogen) atoms. The largest absolute Gasteiger partial charge is 0.462 e. The fraction of sp³-hybridized carbons (Fsp3) is 0.462. The number of hydrogen-bond donors (Lipinski definition) is 1. The molecule has 1 aromatic carbocycles. The molecule has 1 fully saturated rings. The van der Waals surface area contributed by atoms with E-state index in [2.05, 4.69) is 26.1 Å². The van der Waals surface area contributed by atoms with Gasteiger partial charge in [-0.25, -0.2) is 4.79 Å². The molecule has 1 aromatic rings. The maximum Gasteiger partial charge on any atom is 0.339 e. The van der Waals surface area contributed by atoms with Gasteiger partial charge in [0, 0.05) is 36.3 Å². The molecule has 0 aliphatic carbocycles. The molecule has 1 saturated heterocycles. The first-order valence-electron chi connectivity index (χ1n) is 6.25. The van der Waals surface area contributed by atoms with Crippen LogP contribution in [0.15, 0.2) is 16.6 Å². The van der Waals surface area contributed by atoms with Gasteiger partial charge >= 0.3 is 5.97 Å². The van der Waals surface area contributed by atoms with Crippen LogP contribution in [-0.4, -0.2) is 38.8 Å². The number of carbonyl (C=O) groups excluding carboxylic acids is 1. The minimum absolute atomic E-state index is 0. The highest BCUT2D eigenvalue weighted by Gasteiger charge is 2.19. The van der Waals surface area contributed by atoms with Crippen LogP contribution in [-0.2, 0) is 4.74 Å². The molecule has 1 aliphatic heterocycles. The Hall–Kier alpha value is -0.490. The Kier molecular flexibility index (Phi) is 7.09. The van der Waals surface area contributed by atoms with Crippen molar-refractivity contribution in [2.45, 2.75) is 6.92 Å². The minimum atomic E-state index is -0.384. The van der Waals surface area contributed by atoms with Gasteiger partial charge in [0.1, 0.15) is 0 Å². The maximum atomic E-state index is 11.9. The van der Waals surface area contributed by atoms with Gasteiger partial charge < -0.3 is 15.0 Å². The molecular formula is C13H17BrCl2N2O2. The molecule has 0 unspecified atom stereocenters. The first-order chi connectivity index (χ1) is 9.13. The van der Waals surface area contributed by atoms with Crippen molar-refractivity contribution in [3.05, 3.63) is 27.2 Å². The smallest absolute Gasteiger partial charge is 0.339 e. The number of nitrogens with zero attached hydrogens (tertiary/aromatic N) is 1. The van der Waals surface area contributed by atoms with Gasteiger partial charge in [0.05, 0.1) is 17.2 Å². The van der Waals surface area contributed by atoms with Gasteiger partial charge in [-0.05, 0) is 35.0 Å². The van der Waals surface area contributed by atoms with Crippen LogP contribution in [0.2, 0.25) is 5.02 Å². The molecule has 0 aromatic heterocycles. The Morgan fingerprint density at radius 2 is 2.10 bits per heavy atom. The van der Waals surface area contributed by atoms with Crippen molar-refractivity contribution < 1.29 is 9.53 Å². The van der Waals surface area contributed by atoms with Gasteiger partial charge in [-0.1, -0.05) is 11.6 Å². The van der Waals surface area contributed by atoms with E-state index in [-0.39, 0.29) is 18.4 Å². The second-order valence-corrected chi connectivity index (χ2v) is 5.48. The zero-order valence-electron chi connectivity index (χ0n) is 11.1. The van der Waals surface area contributed by atoms with Crippen LogP contribution < -0.4 is 10.2 Å². The lowest BCUT2D eigenvalue weighted by Gasteiger charge is -2.30. The summed E-state index contributed by atoms with van der Waals surface area (Å²) in [5.41, 5.74) is 1.40. The van der Waals surface area contributed by atoms with E-state index in [4.69, 9.17) is 16.3 Å². The number of benzene rings is 1. The second-order valence-electron chi connectivity index (χ2n) is 4.25. The average Bonchev–Trinajstić information content (AvgIpc) is 2.43. The summed E-state index contributed by atoms with van der Waals surface area (Å²) in [7, 11) is 0. The number of piperazine rings is 1. The second kappa shape index (κ2) is 8.08. The maximum absolute atomic E-state index is 11.9. The number of anilines is 1. The van der Waals surface area contributed by atoms with Gasteiger partial charge in [0.2, 0.25) is 0 Å². The lowest BCUT2D eigenvalue weighted by molar-refractivity contribution is 0.0526. The third-order valence-electron chi connectivity index (χ3n) is 2.99. The van der Waals surface area contributed by atoms with Crippen molar-refractivity contribution >= 4 is 51.6 Å². The molecule has 0 spiro atoms. The van der Waals surface area contributed by atoms with Crippen LogP contribution in [0.5, 0.6) is 0 Å². The number of halogens is 3. The molecule has 112 valence electrons. The number of ether oxygens (including phenoxy) is 1. The van der Waals surface area contributed by atoms with Crippen LogP contribution in [0.4, 0.5) is 5.69 Å². The molecule has 2 rings (SSSR count). The van der Waals surface area contributed by atoms with E-state index in [0.29, 0.717) is 21.7 Å². The Morgan fingerprint density at radius 3 is 2.70 bits per heavy atom. The first-order valence-corrected chi connectivity index (χ1v) is 7.42. The number of carbonyl (C=O) groups is 1. The zero-order chi connectivity index (χ0) is 13.8. The van der Waals surface area contributed by atoms with Gasteiger partial charge in [-0.15, -0.1) is 12.4 Å². The number of nitrogens with one attached hydrogen (secondary N) is 1. The Labute approximate surface area is 138 Å². The summed E-state index contributed by atoms with van der Waals surface area (Å²) in [4.78, 5) is 14.1. The van der Waals surface area contributed by atoms with E-state index < -0.39 is 0 Å². The van der Waals surface area contributed by atoms with E-state index in [1.807, 2.05) is 6.07 Å². The molecule has 0 saturated carbocycles. The van der Waals surface area contributed by atoms with Crippen molar-refractivity contribution in [3.8, 4) is 0 Å². The molecule has 0 atom stereocenters. The topological polar surface area (TPSA) is 41.6 Å². The van der Waals surface area contributed by atoms with Crippen LogP contribution in [0.1, 0.15) is 17.3 Å². The third-order valence-corrected chi connectivity index (χ3v) is 4.25. The molecule has 7 heteroatoms. The first kappa shape index (κ1) is 17.6. The fourth-order valence-electron chi connectivity index (χ4n) is 2.04. The normalized spacial score (nSPS) is 14.7. The molecule has 0 amide bonds. The number of esters is 1. The van der Waals surface area contributed by atoms with Crippen LogP contribution in [0, 0.1) is 0 Å². The fourth-order valence-corrected chi connectivity index (χ4v) is 2.67. The summed E-state index contributed by atoms with van der Waals surface area (Å²) in [6.45, 7) is 5.82. The zero-order valence-corrected chi connectivity index (χ0v) is 14.3. The van der Waals surface area contributed by atoms with E-state index in [0.717, 1.165) is 31.9 Å². The van der Waals surface area contributed by atoms with Crippen molar-refractivity contribution in [3.63, 3.8) is 0 Å². The Bertz CT molecular complexity index is 480. The number of rotatable bonds is 3. The summed E-state index contributed by atoms with van der Waals surface area (Å²) in [5, 5.41) is 3.70. The van der Waals surface area contributed by atoms with Crippen molar-refractivity contribution in [1.82, 2.24) is 5.32 Å². The van der Waals surface area contributed by atoms with Crippen LogP contribution in [0.3, 0.4) is 0 Å². The highest BCUT2D eigenvalue weighted by atomic mass is 79.9. The molecule has 1 heterocycles. The highest BCUT2D eigenvalue weighted by molar-refractivity contribution is 9.10. The standard InChI is InChI=1S/C13H16BrClN2O2.ClH/c1-2-19-13(18)10-7-9(8-11(14)12(10)15)17-5-3-16-4-6-17;/h7-8,16H,2-6H2,1H3;1H. The third kappa shape index (κ3) is 4.01. The summed E-state index contributed by atoms with van der Waals surface area (Å²) in [6.07, 6.45) is 0. The summed E-state index contributed by atoms with van der Waals surface area (Å²) >= 11 is 9.56. The van der Waals surface area contributed by atoms with Gasteiger partial charge in [0.15, 0.2) is 0 Å². The summed E-state index contributed by atoms with van der Waals surface area (Å²) in [6, 6.07) is 3.74. The van der Waals surface area contributed by atoms with Crippen molar-refractivity contribution in [2.24, 2.45) is 0 Å². The molecule has 0 bridgehead atoms. The molecule has 0 radical (unpaired) electrons. The number of hydrogen-bond acceptors (Lipinski definition) is 4. The van der Waals surface area contributed by atoms with E-state index in [1.165, 1.54) is 0 Å². The van der Waals surface area contributed by atoms with E-state index in [9.17, 15) is 4.79 Å². The lowest BCUT2D eigenvalue weighted by atomic mass is 10.1. The minimum Gasteiger partial charge on any atom is -0.462 e. The van der Waals surface area contributed by atoms with E-state index >= 15 is 0 Å². The summed E-state index contributed by atoms with van der Waals surface area (Å²) in [5.74, 6) is -0.384. The SMILES string of the molecule is CCOC(=O)c1cc(N2CCNCC2)cc(Br)c1Cl.Cl. The van der Waals surface area contributed by atoms with E-state index in [1.54, 1.807) is 13.0 Å². The van der Waals surface area contributed by atoms with Crippen LogP contribution >= 0.6 is 39.9 Å². The van der Waals surface area contributed by atoms with Gasteiger partial charge in [0.25, 0.3) is 0 Å². The van der Waals surface area contributed by atoms with Crippen LogP contribution in [0.25, 0.3) is 0 Å².